The Morgan fingerprint density at radius 2 is 1.95 bits per heavy atom. The van der Waals surface area contributed by atoms with Crippen LogP contribution in [0.4, 0.5) is 4.79 Å². The first-order chi connectivity index (χ1) is 9.13. The van der Waals surface area contributed by atoms with Gasteiger partial charge in [-0.1, -0.05) is 12.8 Å². The SMILES string of the molecule is COC(=O)NC(C(=O)N1CCC[C@H]1C)C1CCCC1.[HH]. The van der Waals surface area contributed by atoms with Gasteiger partial charge in [0.2, 0.25) is 5.91 Å². The first-order valence-corrected chi connectivity index (χ1v) is 7.28. The van der Waals surface area contributed by atoms with Crippen molar-refractivity contribution in [2.75, 3.05) is 13.7 Å². The second-order valence-corrected chi connectivity index (χ2v) is 5.68. The van der Waals surface area contributed by atoms with Crippen molar-refractivity contribution < 1.29 is 15.8 Å². The Bertz CT molecular complexity index is 345. The number of hydrogen-bond donors (Lipinski definition) is 1. The number of methoxy groups -OCH3 is 1. The minimum Gasteiger partial charge on any atom is -0.453 e. The van der Waals surface area contributed by atoms with Crippen molar-refractivity contribution >= 4 is 12.0 Å². The van der Waals surface area contributed by atoms with Gasteiger partial charge in [0.15, 0.2) is 0 Å². The normalized spacial score (nSPS) is 25.4. The van der Waals surface area contributed by atoms with E-state index in [-0.39, 0.29) is 19.3 Å². The zero-order chi connectivity index (χ0) is 13.8. The number of amides is 2. The van der Waals surface area contributed by atoms with Gasteiger partial charge in [-0.05, 0) is 38.5 Å². The molecule has 1 saturated heterocycles. The zero-order valence-electron chi connectivity index (χ0n) is 11.9. The number of nitrogens with zero attached hydrogens (tertiary/aromatic N) is 1. The largest absolute Gasteiger partial charge is 0.453 e. The number of alkyl carbamates (subject to hydrolysis) is 1. The number of likely N-dealkylation sites (tertiary alicyclic amines) is 1. The molecule has 0 aromatic heterocycles. The highest BCUT2D eigenvalue weighted by Crippen LogP contribution is 2.30. The molecular formula is C14H26N2O3. The van der Waals surface area contributed by atoms with E-state index < -0.39 is 12.1 Å². The van der Waals surface area contributed by atoms with E-state index in [1.54, 1.807) is 0 Å². The van der Waals surface area contributed by atoms with Crippen LogP contribution in [0.25, 0.3) is 0 Å². The predicted molar refractivity (Wildman–Crippen MR) is 73.8 cm³/mol. The number of nitrogens with one attached hydrogen (secondary N) is 1. The van der Waals surface area contributed by atoms with Crippen LogP contribution >= 0.6 is 0 Å². The molecule has 0 aromatic carbocycles. The molecule has 5 nitrogen and oxygen atoms in total. The van der Waals surface area contributed by atoms with Crippen molar-refractivity contribution in [2.45, 2.75) is 57.5 Å². The molecule has 1 N–H and O–H groups in total. The van der Waals surface area contributed by atoms with Crippen molar-refractivity contribution in [1.29, 1.82) is 0 Å². The van der Waals surface area contributed by atoms with E-state index in [0.29, 0.717) is 0 Å². The standard InChI is InChI=1S/C14H24N2O3.H2/c1-10-6-5-9-16(10)13(17)12(15-14(18)19-2)11-7-3-4-8-11;/h10-12H,3-9H2,1-2H3,(H,15,18);1H/t10-,12?;/m1./s1. The molecule has 1 aliphatic carbocycles. The van der Waals surface area contributed by atoms with Crippen LogP contribution in [0.15, 0.2) is 0 Å². The third-order valence-corrected chi connectivity index (χ3v) is 4.43. The molecule has 1 unspecified atom stereocenters. The molecule has 2 aliphatic rings. The summed E-state index contributed by atoms with van der Waals surface area (Å²) in [5.41, 5.74) is 0. The van der Waals surface area contributed by atoms with Gasteiger partial charge >= 0.3 is 6.09 Å². The average Bonchev–Trinajstić information content (AvgIpc) is 3.05. The summed E-state index contributed by atoms with van der Waals surface area (Å²) in [6.45, 7) is 2.89. The molecule has 110 valence electrons. The lowest BCUT2D eigenvalue weighted by Gasteiger charge is -2.30. The minimum atomic E-state index is -0.503. The fourth-order valence-electron chi connectivity index (χ4n) is 3.30. The Labute approximate surface area is 116 Å². The quantitative estimate of drug-likeness (QED) is 0.855. The van der Waals surface area contributed by atoms with E-state index in [0.717, 1.165) is 45.1 Å². The van der Waals surface area contributed by atoms with Crippen LogP contribution in [0.3, 0.4) is 0 Å². The average molecular weight is 270 g/mol. The van der Waals surface area contributed by atoms with Crippen molar-refractivity contribution in [3.63, 3.8) is 0 Å². The molecule has 1 heterocycles. The van der Waals surface area contributed by atoms with E-state index in [9.17, 15) is 9.59 Å². The maximum Gasteiger partial charge on any atom is 0.407 e. The fraction of sp³-hybridized carbons (Fsp3) is 0.857. The van der Waals surface area contributed by atoms with E-state index in [1.165, 1.54) is 7.11 Å². The summed E-state index contributed by atoms with van der Waals surface area (Å²) < 4.78 is 4.66. The Kier molecular flexibility index (Phi) is 4.66. The van der Waals surface area contributed by atoms with E-state index in [2.05, 4.69) is 17.0 Å². The summed E-state index contributed by atoms with van der Waals surface area (Å²) >= 11 is 0. The molecule has 1 saturated carbocycles. The molecule has 19 heavy (non-hydrogen) atoms. The summed E-state index contributed by atoms with van der Waals surface area (Å²) in [6.07, 6.45) is 5.94. The second-order valence-electron chi connectivity index (χ2n) is 5.68. The van der Waals surface area contributed by atoms with Crippen molar-refractivity contribution in [3.8, 4) is 0 Å². The van der Waals surface area contributed by atoms with Crippen LogP contribution in [-0.4, -0.2) is 42.6 Å². The Morgan fingerprint density at radius 1 is 1.26 bits per heavy atom. The van der Waals surface area contributed by atoms with Gasteiger partial charge in [-0.25, -0.2) is 4.79 Å². The summed E-state index contributed by atoms with van der Waals surface area (Å²) in [4.78, 5) is 26.0. The lowest BCUT2D eigenvalue weighted by molar-refractivity contribution is -0.135. The summed E-state index contributed by atoms with van der Waals surface area (Å²) in [7, 11) is 1.34. The highest BCUT2D eigenvalue weighted by Gasteiger charge is 2.37. The van der Waals surface area contributed by atoms with Gasteiger partial charge in [-0.15, -0.1) is 0 Å². The van der Waals surface area contributed by atoms with Gasteiger partial charge in [0.25, 0.3) is 0 Å². The second kappa shape index (κ2) is 6.26. The molecule has 0 spiro atoms. The van der Waals surface area contributed by atoms with E-state index in [1.807, 2.05) is 4.90 Å². The first kappa shape index (κ1) is 14.2. The van der Waals surface area contributed by atoms with Crippen LogP contribution < -0.4 is 5.32 Å². The third-order valence-electron chi connectivity index (χ3n) is 4.43. The Morgan fingerprint density at radius 3 is 2.47 bits per heavy atom. The summed E-state index contributed by atoms with van der Waals surface area (Å²) in [6, 6.07) is -0.119. The molecule has 2 rings (SSSR count). The van der Waals surface area contributed by atoms with Gasteiger partial charge in [-0.2, -0.15) is 0 Å². The molecular weight excluding hydrogens is 244 g/mol. The maximum atomic E-state index is 12.7. The van der Waals surface area contributed by atoms with Crippen molar-refractivity contribution in [2.24, 2.45) is 5.92 Å². The molecule has 5 heteroatoms. The van der Waals surface area contributed by atoms with Gasteiger partial charge in [-0.3, -0.25) is 4.79 Å². The highest BCUT2D eigenvalue weighted by molar-refractivity contribution is 5.86. The van der Waals surface area contributed by atoms with Crippen LogP contribution in [0, 0.1) is 5.92 Å². The summed E-state index contributed by atoms with van der Waals surface area (Å²) in [5.74, 6) is 0.335. The van der Waals surface area contributed by atoms with E-state index >= 15 is 0 Å². The molecule has 1 aliphatic heterocycles. The highest BCUT2D eigenvalue weighted by atomic mass is 16.5. The number of rotatable bonds is 3. The van der Waals surface area contributed by atoms with Crippen LogP contribution in [0.5, 0.6) is 0 Å². The maximum absolute atomic E-state index is 12.7. The Balaban J connectivity index is 0.00000200. The topological polar surface area (TPSA) is 58.6 Å². The molecule has 2 amide bonds. The third kappa shape index (κ3) is 3.19. The number of carbonyl (C=O) groups excluding carboxylic acids is 2. The van der Waals surface area contributed by atoms with E-state index in [4.69, 9.17) is 0 Å². The van der Waals surface area contributed by atoms with Gasteiger partial charge in [0.05, 0.1) is 7.11 Å². The lowest BCUT2D eigenvalue weighted by Crippen LogP contribution is -2.52. The lowest BCUT2D eigenvalue weighted by atomic mass is 9.96. The molecule has 0 aromatic rings. The first-order valence-electron chi connectivity index (χ1n) is 7.28. The monoisotopic (exact) mass is 270 g/mol. The van der Waals surface area contributed by atoms with Crippen molar-refractivity contribution in [3.05, 3.63) is 0 Å². The van der Waals surface area contributed by atoms with Gasteiger partial charge < -0.3 is 15.0 Å². The number of ether oxygens (including phenoxy) is 1. The van der Waals surface area contributed by atoms with Crippen LogP contribution in [0.1, 0.15) is 46.9 Å². The van der Waals surface area contributed by atoms with Gasteiger partial charge in [0, 0.05) is 14.0 Å². The fourth-order valence-corrected chi connectivity index (χ4v) is 3.30. The molecule has 0 bridgehead atoms. The molecule has 2 atom stereocenters. The Hall–Kier alpha value is -1.26. The van der Waals surface area contributed by atoms with Crippen LogP contribution in [-0.2, 0) is 9.53 Å². The smallest absolute Gasteiger partial charge is 0.407 e. The van der Waals surface area contributed by atoms with Gasteiger partial charge in [0.1, 0.15) is 6.04 Å². The van der Waals surface area contributed by atoms with Crippen molar-refractivity contribution in [1.82, 2.24) is 10.2 Å². The predicted octanol–water partition coefficient (Wildman–Crippen LogP) is 2.16. The minimum absolute atomic E-state index is 0. The zero-order valence-corrected chi connectivity index (χ0v) is 11.9. The summed E-state index contributed by atoms with van der Waals surface area (Å²) in [5, 5.41) is 2.75. The number of hydrogen-bond acceptors (Lipinski definition) is 3. The molecule has 0 radical (unpaired) electrons. The van der Waals surface area contributed by atoms with Crippen LogP contribution in [0.2, 0.25) is 0 Å². The molecule has 2 fully saturated rings. The number of carbonyl (C=O) groups is 2.